The van der Waals surface area contributed by atoms with Crippen LogP contribution in [-0.2, 0) is 12.8 Å². The number of Topliss-reactive ketones (excluding diaryl/α,β-unsaturated/α-hetero) is 1. The van der Waals surface area contributed by atoms with E-state index < -0.39 is 0 Å². The molecule has 4 nitrogen and oxygen atoms in total. The minimum atomic E-state index is -0.389. The quantitative estimate of drug-likeness (QED) is 0.195. The fraction of sp³-hybridized carbons (Fsp3) is 0.208. The summed E-state index contributed by atoms with van der Waals surface area (Å²) in [5.41, 5.74) is 2.08. The molecule has 0 saturated heterocycles. The molecule has 1 aliphatic rings. The van der Waals surface area contributed by atoms with Gasteiger partial charge >= 0.3 is 0 Å². The van der Waals surface area contributed by atoms with Crippen molar-refractivity contribution in [3.05, 3.63) is 85.7 Å². The molecule has 0 spiro atoms. The Morgan fingerprint density at radius 2 is 1.81 bits per heavy atom. The number of carbonyl (C=O) groups is 1. The van der Waals surface area contributed by atoms with Crippen LogP contribution in [0, 0.1) is 5.82 Å². The zero-order valence-electron chi connectivity index (χ0n) is 16.9. The SMILES string of the molecule is O=C(CSc1nc2sc3c(c2c(=O)n1-c1ccc(Cl)cc1)CCCC3)c1ccc(F)cc1. The molecular weight excluding hydrogens is 467 g/mol. The Morgan fingerprint density at radius 1 is 1.09 bits per heavy atom. The number of ketones is 1. The molecule has 2 heterocycles. The second-order valence-corrected chi connectivity index (χ2v) is 10.1. The van der Waals surface area contributed by atoms with Crippen molar-refractivity contribution in [2.45, 2.75) is 30.8 Å². The molecule has 32 heavy (non-hydrogen) atoms. The monoisotopic (exact) mass is 484 g/mol. The molecule has 1 aliphatic carbocycles. The molecule has 5 rings (SSSR count). The third-order valence-corrected chi connectivity index (χ3v) is 7.92. The Balaban J connectivity index is 1.59. The van der Waals surface area contributed by atoms with Crippen LogP contribution in [0.15, 0.2) is 58.5 Å². The summed E-state index contributed by atoms with van der Waals surface area (Å²) in [7, 11) is 0. The van der Waals surface area contributed by atoms with Crippen LogP contribution < -0.4 is 5.56 Å². The highest BCUT2D eigenvalue weighted by molar-refractivity contribution is 7.99. The van der Waals surface area contributed by atoms with E-state index in [0.717, 1.165) is 36.1 Å². The van der Waals surface area contributed by atoms with E-state index in [0.29, 0.717) is 26.8 Å². The van der Waals surface area contributed by atoms with E-state index in [1.165, 1.54) is 40.9 Å². The van der Waals surface area contributed by atoms with E-state index in [1.807, 2.05) is 0 Å². The van der Waals surface area contributed by atoms with Gasteiger partial charge in [-0.3, -0.25) is 14.2 Å². The summed E-state index contributed by atoms with van der Waals surface area (Å²) in [6, 6.07) is 12.5. The van der Waals surface area contributed by atoms with Gasteiger partial charge in [0, 0.05) is 15.5 Å². The molecule has 2 aromatic carbocycles. The lowest BCUT2D eigenvalue weighted by molar-refractivity contribution is 0.102. The Labute approximate surface area is 197 Å². The first-order valence-corrected chi connectivity index (χ1v) is 12.4. The number of rotatable bonds is 5. The van der Waals surface area contributed by atoms with Crippen molar-refractivity contribution in [2.24, 2.45) is 0 Å². The topological polar surface area (TPSA) is 52.0 Å². The van der Waals surface area contributed by atoms with Gasteiger partial charge in [-0.2, -0.15) is 0 Å². The van der Waals surface area contributed by atoms with Crippen LogP contribution in [0.5, 0.6) is 0 Å². The maximum Gasteiger partial charge on any atom is 0.267 e. The first kappa shape index (κ1) is 21.4. The largest absolute Gasteiger partial charge is 0.293 e. The third kappa shape index (κ3) is 4.00. The standard InChI is InChI=1S/C24H18ClFN2O2S2/c25-15-7-11-17(12-8-15)28-23(30)21-18-3-1-2-4-20(18)32-22(21)27-24(28)31-13-19(29)14-5-9-16(26)10-6-14/h5-12H,1-4,13H2. The number of hydrogen-bond acceptors (Lipinski definition) is 5. The number of nitrogens with zero attached hydrogens (tertiary/aromatic N) is 2. The lowest BCUT2D eigenvalue weighted by atomic mass is 9.97. The van der Waals surface area contributed by atoms with Gasteiger partial charge in [0.15, 0.2) is 10.9 Å². The summed E-state index contributed by atoms with van der Waals surface area (Å²) in [4.78, 5) is 33.1. The van der Waals surface area contributed by atoms with Crippen molar-refractivity contribution >= 4 is 50.7 Å². The fourth-order valence-electron chi connectivity index (χ4n) is 3.95. The van der Waals surface area contributed by atoms with Crippen molar-refractivity contribution in [3.8, 4) is 5.69 Å². The summed E-state index contributed by atoms with van der Waals surface area (Å²) in [6.45, 7) is 0. The van der Waals surface area contributed by atoms with Crippen LogP contribution in [0.4, 0.5) is 4.39 Å². The van der Waals surface area contributed by atoms with Gasteiger partial charge in [0.1, 0.15) is 10.6 Å². The minimum absolute atomic E-state index is 0.0856. The van der Waals surface area contributed by atoms with Crippen LogP contribution in [-0.4, -0.2) is 21.1 Å². The van der Waals surface area contributed by atoms with Crippen LogP contribution in [0.3, 0.4) is 0 Å². The Kier molecular flexibility index (Phi) is 5.88. The molecule has 0 fully saturated rings. The summed E-state index contributed by atoms with van der Waals surface area (Å²) < 4.78 is 14.8. The van der Waals surface area contributed by atoms with Crippen LogP contribution in [0.1, 0.15) is 33.6 Å². The average molecular weight is 485 g/mol. The van der Waals surface area contributed by atoms with Crippen molar-refractivity contribution < 1.29 is 9.18 Å². The molecule has 2 aromatic heterocycles. The van der Waals surface area contributed by atoms with Gasteiger partial charge in [0.25, 0.3) is 5.56 Å². The predicted molar refractivity (Wildman–Crippen MR) is 128 cm³/mol. The normalized spacial score (nSPS) is 13.3. The molecule has 0 N–H and O–H groups in total. The number of halogens is 2. The van der Waals surface area contributed by atoms with E-state index in [-0.39, 0.29) is 22.9 Å². The highest BCUT2D eigenvalue weighted by Gasteiger charge is 2.23. The molecule has 0 atom stereocenters. The number of hydrogen-bond donors (Lipinski definition) is 0. The lowest BCUT2D eigenvalue weighted by Crippen LogP contribution is -2.22. The van der Waals surface area contributed by atoms with Crippen LogP contribution in [0.2, 0.25) is 5.02 Å². The predicted octanol–water partition coefficient (Wildman–Crippen LogP) is 6.09. The number of benzene rings is 2. The van der Waals surface area contributed by atoms with Gasteiger partial charge in [-0.15, -0.1) is 11.3 Å². The minimum Gasteiger partial charge on any atom is -0.293 e. The van der Waals surface area contributed by atoms with Crippen LogP contribution in [0.25, 0.3) is 15.9 Å². The zero-order chi connectivity index (χ0) is 22.2. The molecule has 0 amide bonds. The molecule has 4 aromatic rings. The first-order valence-electron chi connectivity index (χ1n) is 10.3. The molecule has 0 radical (unpaired) electrons. The van der Waals surface area contributed by atoms with Crippen LogP contribution >= 0.6 is 34.7 Å². The maximum atomic E-state index is 13.7. The molecule has 162 valence electrons. The summed E-state index contributed by atoms with van der Waals surface area (Å²) >= 11 is 8.85. The van der Waals surface area contributed by atoms with Crippen molar-refractivity contribution in [2.75, 3.05) is 5.75 Å². The fourth-order valence-corrected chi connectivity index (χ4v) is 6.29. The number of aromatic nitrogens is 2. The van der Waals surface area contributed by atoms with E-state index in [2.05, 4.69) is 0 Å². The molecule has 0 saturated carbocycles. The molecule has 8 heteroatoms. The summed E-state index contributed by atoms with van der Waals surface area (Å²) in [6.07, 6.45) is 4.06. The lowest BCUT2D eigenvalue weighted by Gasteiger charge is -2.13. The Bertz CT molecular complexity index is 1380. The van der Waals surface area contributed by atoms with Gasteiger partial charge < -0.3 is 0 Å². The molecule has 0 unspecified atom stereocenters. The second kappa shape index (κ2) is 8.81. The van der Waals surface area contributed by atoms with E-state index in [4.69, 9.17) is 16.6 Å². The maximum absolute atomic E-state index is 13.7. The second-order valence-electron chi connectivity index (χ2n) is 7.62. The Hall–Kier alpha value is -2.48. The summed E-state index contributed by atoms with van der Waals surface area (Å²) in [5.74, 6) is -0.459. The van der Waals surface area contributed by atoms with Crippen molar-refractivity contribution in [1.82, 2.24) is 9.55 Å². The van der Waals surface area contributed by atoms with Crippen molar-refractivity contribution in [1.29, 1.82) is 0 Å². The third-order valence-electron chi connectivity index (χ3n) is 5.54. The number of carbonyl (C=O) groups excluding carboxylic acids is 1. The van der Waals surface area contributed by atoms with E-state index in [1.54, 1.807) is 40.2 Å². The number of fused-ring (bicyclic) bond motifs is 3. The molecular formula is C24H18ClFN2O2S2. The number of thioether (sulfide) groups is 1. The number of thiophene rings is 1. The highest BCUT2D eigenvalue weighted by atomic mass is 35.5. The summed E-state index contributed by atoms with van der Waals surface area (Å²) in [5, 5.41) is 1.72. The first-order chi connectivity index (χ1) is 15.5. The zero-order valence-corrected chi connectivity index (χ0v) is 19.3. The van der Waals surface area contributed by atoms with E-state index >= 15 is 0 Å². The van der Waals surface area contributed by atoms with Gasteiger partial charge in [-0.05, 0) is 79.8 Å². The van der Waals surface area contributed by atoms with E-state index in [9.17, 15) is 14.0 Å². The van der Waals surface area contributed by atoms with Gasteiger partial charge in [-0.1, -0.05) is 23.4 Å². The van der Waals surface area contributed by atoms with Gasteiger partial charge in [0.2, 0.25) is 0 Å². The van der Waals surface area contributed by atoms with Gasteiger partial charge in [-0.25, -0.2) is 9.37 Å². The molecule has 0 bridgehead atoms. The average Bonchev–Trinajstić information content (AvgIpc) is 3.17. The van der Waals surface area contributed by atoms with Crippen molar-refractivity contribution in [3.63, 3.8) is 0 Å². The Morgan fingerprint density at radius 3 is 2.56 bits per heavy atom. The molecule has 0 aliphatic heterocycles. The number of aryl methyl sites for hydroxylation is 2. The highest BCUT2D eigenvalue weighted by Crippen LogP contribution is 2.35. The smallest absolute Gasteiger partial charge is 0.267 e. The van der Waals surface area contributed by atoms with Gasteiger partial charge in [0.05, 0.1) is 16.8 Å².